The maximum absolute atomic E-state index is 14.7. The van der Waals surface area contributed by atoms with Crippen molar-refractivity contribution in [1.82, 2.24) is 19.9 Å². The highest BCUT2D eigenvalue weighted by atomic mass is 35.5. The molecule has 0 saturated carbocycles. The minimum atomic E-state index is -0.614. The van der Waals surface area contributed by atoms with Gasteiger partial charge in [-0.25, -0.2) is 14.4 Å². The van der Waals surface area contributed by atoms with Crippen LogP contribution in [0.4, 0.5) is 15.9 Å². The van der Waals surface area contributed by atoms with E-state index >= 15 is 0 Å². The molecule has 0 radical (unpaired) electrons. The first-order valence-corrected chi connectivity index (χ1v) is 11.7. The second kappa shape index (κ2) is 8.98. The number of imidazole rings is 1. The lowest BCUT2D eigenvalue weighted by Crippen LogP contribution is -2.39. The lowest BCUT2D eigenvalue weighted by molar-refractivity contribution is -0.129. The number of nitrogen functional groups attached to an aromatic ring is 1. The summed E-state index contributed by atoms with van der Waals surface area (Å²) in [5.41, 5.74) is 8.25. The number of benzene rings is 1. The minimum absolute atomic E-state index is 0.0335. The van der Waals surface area contributed by atoms with Crippen molar-refractivity contribution in [2.24, 2.45) is 0 Å². The molecular weight excluding hydrogens is 494 g/mol. The van der Waals surface area contributed by atoms with Crippen LogP contribution < -0.4 is 11.1 Å². The van der Waals surface area contributed by atoms with Crippen LogP contribution in [-0.4, -0.2) is 37.7 Å². The van der Waals surface area contributed by atoms with Crippen molar-refractivity contribution in [1.29, 1.82) is 0 Å². The van der Waals surface area contributed by atoms with Gasteiger partial charge in [0, 0.05) is 42.1 Å². The SMILES string of the molecule is CC(=O)Nc1nccc(-c2cnc(C3CC[C@@H]4CC(c5c(N)ccc(Cl)c5F)=CC(=O)N34)[nH]2)c1Cl. The Morgan fingerprint density at radius 2 is 2.06 bits per heavy atom. The number of nitrogens with one attached hydrogen (secondary N) is 2. The molecule has 3 aromatic rings. The summed E-state index contributed by atoms with van der Waals surface area (Å²) in [6.07, 6.45) is 6.50. The van der Waals surface area contributed by atoms with Crippen LogP contribution in [0, 0.1) is 5.82 Å². The minimum Gasteiger partial charge on any atom is -0.398 e. The van der Waals surface area contributed by atoms with Crippen LogP contribution in [0.1, 0.15) is 43.6 Å². The number of hydrogen-bond donors (Lipinski definition) is 3. The summed E-state index contributed by atoms with van der Waals surface area (Å²) < 4.78 is 14.7. The zero-order chi connectivity index (χ0) is 24.9. The van der Waals surface area contributed by atoms with Crippen LogP contribution >= 0.6 is 23.2 Å². The quantitative estimate of drug-likeness (QED) is 0.424. The van der Waals surface area contributed by atoms with Gasteiger partial charge in [-0.1, -0.05) is 23.2 Å². The first kappa shape index (κ1) is 23.3. The topological polar surface area (TPSA) is 117 Å². The first-order chi connectivity index (χ1) is 16.7. The Balaban J connectivity index is 1.43. The number of carbonyl (C=O) groups excluding carboxylic acids is 2. The highest BCUT2D eigenvalue weighted by Gasteiger charge is 2.42. The van der Waals surface area contributed by atoms with E-state index in [1.807, 2.05) is 0 Å². The number of amides is 2. The Kier molecular flexibility index (Phi) is 5.98. The number of carbonyl (C=O) groups is 2. The van der Waals surface area contributed by atoms with Crippen molar-refractivity contribution in [3.05, 3.63) is 63.9 Å². The average molecular weight is 515 g/mol. The zero-order valence-electron chi connectivity index (χ0n) is 18.6. The van der Waals surface area contributed by atoms with Crippen molar-refractivity contribution in [3.63, 3.8) is 0 Å². The molecule has 35 heavy (non-hydrogen) atoms. The van der Waals surface area contributed by atoms with Crippen LogP contribution in [0.5, 0.6) is 0 Å². The Morgan fingerprint density at radius 3 is 2.83 bits per heavy atom. The van der Waals surface area contributed by atoms with Crippen LogP contribution in [-0.2, 0) is 9.59 Å². The number of aromatic nitrogens is 3. The van der Waals surface area contributed by atoms with Crippen molar-refractivity contribution >= 4 is 52.1 Å². The predicted octanol–water partition coefficient (Wildman–Crippen LogP) is 4.98. The number of rotatable bonds is 4. The highest BCUT2D eigenvalue weighted by molar-refractivity contribution is 6.36. The number of anilines is 2. The molecule has 4 heterocycles. The van der Waals surface area contributed by atoms with E-state index in [2.05, 4.69) is 20.3 Å². The number of nitrogens with two attached hydrogens (primary N) is 1. The number of nitrogens with zero attached hydrogens (tertiary/aromatic N) is 3. The molecule has 1 fully saturated rings. The first-order valence-electron chi connectivity index (χ1n) is 11.0. The van der Waals surface area contributed by atoms with Crippen molar-refractivity contribution in [3.8, 4) is 11.3 Å². The van der Waals surface area contributed by atoms with Crippen molar-refractivity contribution in [2.45, 2.75) is 38.3 Å². The fraction of sp³-hybridized carbons (Fsp3) is 0.250. The van der Waals surface area contributed by atoms with Gasteiger partial charge in [0.15, 0.2) is 11.6 Å². The van der Waals surface area contributed by atoms with Gasteiger partial charge in [-0.2, -0.15) is 0 Å². The molecule has 0 aliphatic carbocycles. The maximum atomic E-state index is 14.7. The molecule has 5 rings (SSSR count). The summed E-state index contributed by atoms with van der Waals surface area (Å²) in [5.74, 6) is -0.253. The summed E-state index contributed by atoms with van der Waals surface area (Å²) in [6, 6.07) is 4.28. The Morgan fingerprint density at radius 1 is 1.26 bits per heavy atom. The molecular formula is C24H21Cl2FN6O2. The van der Waals surface area contributed by atoms with Gasteiger partial charge >= 0.3 is 0 Å². The maximum Gasteiger partial charge on any atom is 0.247 e. The molecule has 180 valence electrons. The molecule has 1 aromatic carbocycles. The lowest BCUT2D eigenvalue weighted by Gasteiger charge is -2.33. The number of halogens is 3. The van der Waals surface area contributed by atoms with E-state index in [0.29, 0.717) is 35.5 Å². The molecule has 0 spiro atoms. The smallest absolute Gasteiger partial charge is 0.247 e. The fourth-order valence-corrected chi connectivity index (χ4v) is 5.25. The third kappa shape index (κ3) is 4.15. The van der Waals surface area contributed by atoms with Crippen molar-refractivity contribution in [2.75, 3.05) is 11.1 Å². The van der Waals surface area contributed by atoms with Gasteiger partial charge < -0.3 is 20.9 Å². The van der Waals surface area contributed by atoms with E-state index in [1.165, 1.54) is 19.1 Å². The Labute approximate surface area is 210 Å². The molecule has 1 unspecified atom stereocenters. The summed E-state index contributed by atoms with van der Waals surface area (Å²) in [6.45, 7) is 1.38. The number of H-pyrrole nitrogens is 1. The predicted molar refractivity (Wildman–Crippen MR) is 132 cm³/mol. The molecule has 2 aliphatic rings. The third-order valence-electron chi connectivity index (χ3n) is 6.34. The summed E-state index contributed by atoms with van der Waals surface area (Å²) >= 11 is 12.4. The lowest BCUT2D eigenvalue weighted by atomic mass is 9.92. The molecule has 1 saturated heterocycles. The van der Waals surface area contributed by atoms with Gasteiger partial charge in [-0.05, 0) is 43.0 Å². The normalized spacial score (nSPS) is 19.5. The number of fused-ring (bicyclic) bond motifs is 1. The van der Waals surface area contributed by atoms with Gasteiger partial charge in [-0.3, -0.25) is 9.59 Å². The molecule has 0 bridgehead atoms. The average Bonchev–Trinajstić information content (AvgIpc) is 3.45. The number of hydrogen-bond acceptors (Lipinski definition) is 5. The summed E-state index contributed by atoms with van der Waals surface area (Å²) in [5, 5.41) is 2.85. The van der Waals surface area contributed by atoms with Crippen LogP contribution in [0.2, 0.25) is 10.0 Å². The number of aromatic amines is 1. The summed E-state index contributed by atoms with van der Waals surface area (Å²) in [4.78, 5) is 38.3. The molecule has 11 heteroatoms. The van der Waals surface area contributed by atoms with Gasteiger partial charge in [0.1, 0.15) is 5.82 Å². The largest absolute Gasteiger partial charge is 0.398 e. The van der Waals surface area contributed by atoms with E-state index < -0.39 is 5.82 Å². The fourth-order valence-electron chi connectivity index (χ4n) is 4.84. The van der Waals surface area contributed by atoms with Gasteiger partial charge in [0.05, 0.1) is 28.0 Å². The summed E-state index contributed by atoms with van der Waals surface area (Å²) in [7, 11) is 0. The number of pyridine rings is 1. The van der Waals surface area contributed by atoms with Crippen LogP contribution in [0.25, 0.3) is 16.8 Å². The molecule has 2 aromatic heterocycles. The highest BCUT2D eigenvalue weighted by Crippen LogP contribution is 2.44. The van der Waals surface area contributed by atoms with Crippen LogP contribution in [0.15, 0.2) is 36.7 Å². The molecule has 4 N–H and O–H groups in total. The molecule has 2 aliphatic heterocycles. The van der Waals surface area contributed by atoms with Gasteiger partial charge in [0.25, 0.3) is 0 Å². The van der Waals surface area contributed by atoms with Gasteiger partial charge in [0.2, 0.25) is 11.8 Å². The van der Waals surface area contributed by atoms with Crippen LogP contribution in [0.3, 0.4) is 0 Å². The van der Waals surface area contributed by atoms with E-state index in [4.69, 9.17) is 28.9 Å². The van der Waals surface area contributed by atoms with E-state index in [1.54, 1.807) is 29.4 Å². The standard InChI is InChI=1S/C24H21Cl2FN6O2/c1-11(34)31-24-21(26)14(6-7-29-24)17-10-30-23(32-17)18-5-2-13-8-12(9-19(35)33(13)18)20-16(28)4-3-15(25)22(20)27/h3-4,6-7,9-10,13,18H,2,5,8,28H2,1H3,(H,30,32)(H,29,31,34)/t13-,18?/m1/s1. The second-order valence-electron chi connectivity index (χ2n) is 8.58. The van der Waals surface area contributed by atoms with E-state index in [-0.39, 0.29) is 51.0 Å². The van der Waals surface area contributed by atoms with E-state index in [9.17, 15) is 14.0 Å². The Bertz CT molecular complexity index is 1390. The second-order valence-corrected chi connectivity index (χ2v) is 9.36. The van der Waals surface area contributed by atoms with Crippen molar-refractivity contribution < 1.29 is 14.0 Å². The monoisotopic (exact) mass is 514 g/mol. The van der Waals surface area contributed by atoms with E-state index in [0.717, 1.165) is 6.42 Å². The molecule has 8 nitrogen and oxygen atoms in total. The van der Waals surface area contributed by atoms with Gasteiger partial charge in [-0.15, -0.1) is 0 Å². The zero-order valence-corrected chi connectivity index (χ0v) is 20.1. The third-order valence-corrected chi connectivity index (χ3v) is 7.02. The Hall–Kier alpha value is -3.43. The molecule has 2 atom stereocenters. The molecule has 2 amide bonds.